The lowest BCUT2D eigenvalue weighted by molar-refractivity contribution is 0.247. The molecular formula is C12H8ClN4O. The summed E-state index contributed by atoms with van der Waals surface area (Å²) in [7, 11) is 0. The van der Waals surface area contributed by atoms with Gasteiger partial charge in [-0.25, -0.2) is 4.79 Å². The number of halogens is 1. The average Bonchev–Trinajstić information content (AvgIpc) is 2.78. The van der Waals surface area contributed by atoms with Crippen molar-refractivity contribution in [1.29, 1.82) is 5.26 Å². The van der Waals surface area contributed by atoms with Gasteiger partial charge in [-0.3, -0.25) is 0 Å². The monoisotopic (exact) mass is 259 g/mol. The van der Waals surface area contributed by atoms with Gasteiger partial charge in [0.1, 0.15) is 6.07 Å². The Balaban J connectivity index is 2.21. The Morgan fingerprint density at radius 1 is 1.50 bits per heavy atom. The fourth-order valence-corrected chi connectivity index (χ4v) is 1.67. The molecule has 1 heterocycles. The summed E-state index contributed by atoms with van der Waals surface area (Å²) in [6.07, 6.45) is 4.80. The second-order valence-electron chi connectivity index (χ2n) is 3.55. The topological polar surface area (TPSA) is 84.7 Å². The molecule has 5 nitrogen and oxygen atoms in total. The summed E-state index contributed by atoms with van der Waals surface area (Å²) >= 11 is 5.91. The van der Waals surface area contributed by atoms with Crippen molar-refractivity contribution in [1.82, 2.24) is 9.78 Å². The molecule has 89 valence electrons. The predicted molar refractivity (Wildman–Crippen MR) is 65.9 cm³/mol. The van der Waals surface area contributed by atoms with E-state index in [-0.39, 0.29) is 0 Å². The quantitative estimate of drug-likeness (QED) is 0.894. The lowest BCUT2D eigenvalue weighted by atomic mass is 10.1. The number of benzene rings is 1. The molecule has 6 heteroatoms. The van der Waals surface area contributed by atoms with Crippen LogP contribution in [0, 0.1) is 17.8 Å². The number of aromatic nitrogens is 2. The third-order valence-corrected chi connectivity index (χ3v) is 2.59. The standard InChI is InChI=1S/C12H8ClN4O/c13-11-4-8(1-2-10(11)5-14)3-9-6-16-17(7-9)12(15)18/h1-4,6-7H,(H2,15,18). The highest BCUT2D eigenvalue weighted by Crippen LogP contribution is 2.20. The van der Waals surface area contributed by atoms with E-state index in [1.54, 1.807) is 24.6 Å². The summed E-state index contributed by atoms with van der Waals surface area (Å²) in [6.45, 7) is 0. The van der Waals surface area contributed by atoms with E-state index in [9.17, 15) is 4.79 Å². The maximum Gasteiger partial charge on any atom is 0.339 e. The number of rotatable bonds is 2. The molecular weight excluding hydrogens is 252 g/mol. The van der Waals surface area contributed by atoms with Crippen LogP contribution in [-0.2, 0) is 0 Å². The SMILES string of the molecule is N#Cc1ccc([CH]c2cnn(C(N)=O)c2)cc1Cl. The molecule has 1 radical (unpaired) electrons. The molecule has 0 atom stereocenters. The molecule has 2 N–H and O–H groups in total. The highest BCUT2D eigenvalue weighted by atomic mass is 35.5. The first kappa shape index (κ1) is 12.1. The Morgan fingerprint density at radius 2 is 2.28 bits per heavy atom. The first-order valence-corrected chi connectivity index (χ1v) is 5.37. The van der Waals surface area contributed by atoms with Gasteiger partial charge in [-0.05, 0) is 23.3 Å². The molecule has 0 aliphatic carbocycles. The number of primary amides is 1. The van der Waals surface area contributed by atoms with E-state index in [4.69, 9.17) is 22.6 Å². The smallest absolute Gasteiger partial charge is 0.339 e. The van der Waals surface area contributed by atoms with E-state index < -0.39 is 6.03 Å². The van der Waals surface area contributed by atoms with Crippen molar-refractivity contribution >= 4 is 17.6 Å². The van der Waals surface area contributed by atoms with Gasteiger partial charge in [-0.15, -0.1) is 0 Å². The molecule has 0 aliphatic heterocycles. The van der Waals surface area contributed by atoms with Crippen LogP contribution in [0.1, 0.15) is 16.7 Å². The van der Waals surface area contributed by atoms with Gasteiger partial charge < -0.3 is 5.73 Å². The van der Waals surface area contributed by atoms with Crippen LogP contribution in [0.3, 0.4) is 0 Å². The second kappa shape index (κ2) is 4.90. The van der Waals surface area contributed by atoms with E-state index in [0.29, 0.717) is 10.6 Å². The van der Waals surface area contributed by atoms with Crippen molar-refractivity contribution in [3.63, 3.8) is 0 Å². The van der Waals surface area contributed by atoms with Gasteiger partial charge >= 0.3 is 6.03 Å². The number of hydrogen-bond donors (Lipinski definition) is 1. The molecule has 1 aromatic carbocycles. The summed E-state index contributed by atoms with van der Waals surface area (Å²) in [5, 5.41) is 12.9. The number of amides is 1. The van der Waals surface area contributed by atoms with E-state index in [1.807, 2.05) is 6.07 Å². The van der Waals surface area contributed by atoms with Crippen molar-refractivity contribution in [2.24, 2.45) is 5.73 Å². The van der Waals surface area contributed by atoms with Gasteiger partial charge in [0.2, 0.25) is 0 Å². The first-order valence-electron chi connectivity index (χ1n) is 4.99. The molecule has 18 heavy (non-hydrogen) atoms. The average molecular weight is 260 g/mol. The molecule has 0 unspecified atom stereocenters. The first-order chi connectivity index (χ1) is 8.60. The Morgan fingerprint density at radius 3 is 2.83 bits per heavy atom. The van der Waals surface area contributed by atoms with Crippen LogP contribution < -0.4 is 5.73 Å². The minimum Gasteiger partial charge on any atom is -0.350 e. The third kappa shape index (κ3) is 2.50. The zero-order valence-electron chi connectivity index (χ0n) is 9.17. The minimum absolute atomic E-state index is 0.383. The van der Waals surface area contributed by atoms with Crippen LogP contribution in [0.2, 0.25) is 5.02 Å². The predicted octanol–water partition coefficient (Wildman–Crippen LogP) is 1.94. The molecule has 0 bridgehead atoms. The van der Waals surface area contributed by atoms with Crippen molar-refractivity contribution in [3.05, 3.63) is 58.7 Å². The molecule has 0 saturated heterocycles. The highest BCUT2D eigenvalue weighted by molar-refractivity contribution is 6.31. The van der Waals surface area contributed by atoms with Crippen LogP contribution in [0.15, 0.2) is 30.6 Å². The van der Waals surface area contributed by atoms with Crippen molar-refractivity contribution < 1.29 is 4.79 Å². The Hall–Kier alpha value is -2.32. The Kier molecular flexibility index (Phi) is 3.31. The van der Waals surface area contributed by atoms with Crippen molar-refractivity contribution in [2.45, 2.75) is 0 Å². The molecule has 0 saturated carbocycles. The summed E-state index contributed by atoms with van der Waals surface area (Å²) in [4.78, 5) is 10.9. The number of nitriles is 1. The van der Waals surface area contributed by atoms with Gasteiger partial charge in [0.05, 0.1) is 16.8 Å². The second-order valence-corrected chi connectivity index (χ2v) is 3.96. The summed E-state index contributed by atoms with van der Waals surface area (Å²) in [5.41, 5.74) is 7.02. The molecule has 0 fully saturated rings. The molecule has 0 spiro atoms. The van der Waals surface area contributed by atoms with Crippen molar-refractivity contribution in [2.75, 3.05) is 0 Å². The number of hydrogen-bond acceptors (Lipinski definition) is 3. The summed E-state index contributed by atoms with van der Waals surface area (Å²) < 4.78 is 1.04. The van der Waals surface area contributed by atoms with E-state index in [1.165, 1.54) is 12.4 Å². The maximum absolute atomic E-state index is 10.9. The minimum atomic E-state index is -0.646. The van der Waals surface area contributed by atoms with Gasteiger partial charge in [0.25, 0.3) is 0 Å². The molecule has 2 aromatic rings. The normalized spacial score (nSPS) is 10.0. The zero-order valence-corrected chi connectivity index (χ0v) is 9.93. The molecule has 0 aliphatic rings. The van der Waals surface area contributed by atoms with E-state index in [0.717, 1.165) is 15.8 Å². The maximum atomic E-state index is 10.9. The van der Waals surface area contributed by atoms with E-state index >= 15 is 0 Å². The Bertz CT molecular complexity index is 642. The summed E-state index contributed by atoms with van der Waals surface area (Å²) in [5.74, 6) is 0. The van der Waals surface area contributed by atoms with Gasteiger partial charge in [0, 0.05) is 12.6 Å². The van der Waals surface area contributed by atoms with Crippen LogP contribution >= 0.6 is 11.6 Å². The largest absolute Gasteiger partial charge is 0.350 e. The molecule has 1 amide bonds. The number of nitrogens with two attached hydrogens (primary N) is 1. The molecule has 1 aromatic heterocycles. The fourth-order valence-electron chi connectivity index (χ4n) is 1.44. The van der Waals surface area contributed by atoms with Gasteiger partial charge in [-0.2, -0.15) is 15.0 Å². The number of nitrogens with zero attached hydrogens (tertiary/aromatic N) is 3. The van der Waals surface area contributed by atoms with Crippen LogP contribution in [0.25, 0.3) is 0 Å². The lowest BCUT2D eigenvalue weighted by Crippen LogP contribution is -2.19. The molecule has 2 rings (SSSR count). The van der Waals surface area contributed by atoms with Crippen LogP contribution in [0.5, 0.6) is 0 Å². The van der Waals surface area contributed by atoms with Crippen molar-refractivity contribution in [3.8, 4) is 6.07 Å². The fraction of sp³-hybridized carbons (Fsp3) is 0. The van der Waals surface area contributed by atoms with Gasteiger partial charge in [-0.1, -0.05) is 17.7 Å². The van der Waals surface area contributed by atoms with Gasteiger partial charge in [0.15, 0.2) is 0 Å². The van der Waals surface area contributed by atoms with Crippen LogP contribution in [-0.4, -0.2) is 15.8 Å². The van der Waals surface area contributed by atoms with E-state index in [2.05, 4.69) is 5.10 Å². The lowest BCUT2D eigenvalue weighted by Gasteiger charge is -2.00. The number of carbonyl (C=O) groups excluding carboxylic acids is 1. The highest BCUT2D eigenvalue weighted by Gasteiger charge is 2.06. The van der Waals surface area contributed by atoms with Crippen LogP contribution in [0.4, 0.5) is 4.79 Å². The third-order valence-electron chi connectivity index (χ3n) is 2.28. The Labute approximate surface area is 108 Å². The summed E-state index contributed by atoms with van der Waals surface area (Å²) in [6, 6.07) is 6.39. The number of carbonyl (C=O) groups is 1. The zero-order chi connectivity index (χ0) is 13.1.